The molecule has 1 saturated carbocycles. The van der Waals surface area contributed by atoms with Gasteiger partial charge in [-0.2, -0.15) is 0 Å². The molecule has 1 N–H and O–H groups in total. The van der Waals surface area contributed by atoms with Crippen molar-refractivity contribution in [3.63, 3.8) is 0 Å². The summed E-state index contributed by atoms with van der Waals surface area (Å²) in [4.78, 5) is 12.8. The Morgan fingerprint density at radius 3 is 2.45 bits per heavy atom. The average molecular weight is 318 g/mol. The lowest BCUT2D eigenvalue weighted by Crippen LogP contribution is -2.46. The van der Waals surface area contributed by atoms with E-state index in [9.17, 15) is 9.18 Å². The van der Waals surface area contributed by atoms with Crippen LogP contribution >= 0.6 is 11.6 Å². The second-order valence-electron chi connectivity index (χ2n) is 5.86. The minimum Gasteiger partial charge on any atom is -0.325 e. The van der Waals surface area contributed by atoms with Crippen LogP contribution in [0.25, 0.3) is 0 Å². The minimum atomic E-state index is -0.524. The van der Waals surface area contributed by atoms with Crippen LogP contribution in [0.5, 0.6) is 0 Å². The molecule has 0 spiro atoms. The van der Waals surface area contributed by atoms with E-state index in [1.807, 2.05) is 19.1 Å². The molecular formula is C18H17ClFNO. The Hall–Kier alpha value is -1.87. The highest BCUT2D eigenvalue weighted by Crippen LogP contribution is 2.45. The van der Waals surface area contributed by atoms with Crippen molar-refractivity contribution in [1.82, 2.24) is 0 Å². The lowest BCUT2D eigenvalue weighted by Gasteiger charge is -2.40. The first-order chi connectivity index (χ1) is 10.5. The van der Waals surface area contributed by atoms with E-state index in [2.05, 4.69) is 5.32 Å². The maximum atomic E-state index is 13.4. The lowest BCUT2D eigenvalue weighted by atomic mass is 9.64. The van der Waals surface area contributed by atoms with Gasteiger partial charge in [0, 0.05) is 10.7 Å². The number of carbonyl (C=O) groups excluding carboxylic acids is 1. The third-order valence-corrected chi connectivity index (χ3v) is 4.74. The maximum absolute atomic E-state index is 13.4. The summed E-state index contributed by atoms with van der Waals surface area (Å²) in [5, 5.41) is 3.55. The zero-order valence-corrected chi connectivity index (χ0v) is 13.1. The molecule has 0 bridgehead atoms. The highest BCUT2D eigenvalue weighted by atomic mass is 35.5. The third kappa shape index (κ3) is 2.61. The molecule has 2 nitrogen and oxygen atoms in total. The van der Waals surface area contributed by atoms with E-state index in [1.165, 1.54) is 12.1 Å². The Morgan fingerprint density at radius 1 is 1.18 bits per heavy atom. The maximum Gasteiger partial charge on any atom is 0.235 e. The van der Waals surface area contributed by atoms with Crippen molar-refractivity contribution >= 4 is 23.2 Å². The van der Waals surface area contributed by atoms with Gasteiger partial charge in [-0.3, -0.25) is 4.79 Å². The van der Waals surface area contributed by atoms with Gasteiger partial charge in [0.2, 0.25) is 5.91 Å². The van der Waals surface area contributed by atoms with E-state index >= 15 is 0 Å². The predicted molar refractivity (Wildman–Crippen MR) is 86.7 cm³/mol. The standard InChI is InChI=1S/C18H17ClFNO/c1-12-3-8-15(20)11-16(12)21-17(22)18(9-2-10-18)13-4-6-14(19)7-5-13/h3-8,11H,2,9-10H2,1H3,(H,21,22). The molecule has 0 radical (unpaired) electrons. The van der Waals surface area contributed by atoms with Gasteiger partial charge in [0.1, 0.15) is 5.82 Å². The van der Waals surface area contributed by atoms with Crippen LogP contribution in [0.3, 0.4) is 0 Å². The Morgan fingerprint density at radius 2 is 1.86 bits per heavy atom. The van der Waals surface area contributed by atoms with Crippen LogP contribution in [-0.2, 0) is 10.2 Å². The van der Waals surface area contributed by atoms with Crippen LogP contribution in [-0.4, -0.2) is 5.91 Å². The minimum absolute atomic E-state index is 0.0743. The van der Waals surface area contributed by atoms with Gasteiger partial charge in [0.05, 0.1) is 5.41 Å². The van der Waals surface area contributed by atoms with Gasteiger partial charge in [-0.25, -0.2) is 4.39 Å². The van der Waals surface area contributed by atoms with Crippen LogP contribution in [0.4, 0.5) is 10.1 Å². The number of nitrogens with one attached hydrogen (secondary N) is 1. The molecule has 1 amide bonds. The SMILES string of the molecule is Cc1ccc(F)cc1NC(=O)C1(c2ccc(Cl)cc2)CCC1. The lowest BCUT2D eigenvalue weighted by molar-refractivity contribution is -0.124. The van der Waals surface area contributed by atoms with Crippen molar-refractivity contribution in [3.05, 3.63) is 64.4 Å². The number of anilines is 1. The molecule has 4 heteroatoms. The summed E-state index contributed by atoms with van der Waals surface area (Å²) in [7, 11) is 0. The zero-order valence-electron chi connectivity index (χ0n) is 12.3. The van der Waals surface area contributed by atoms with Crippen LogP contribution in [0.15, 0.2) is 42.5 Å². The number of hydrogen-bond donors (Lipinski definition) is 1. The fraction of sp³-hybridized carbons (Fsp3) is 0.278. The zero-order chi connectivity index (χ0) is 15.7. The van der Waals surface area contributed by atoms with Gasteiger partial charge < -0.3 is 5.32 Å². The largest absolute Gasteiger partial charge is 0.325 e. The summed E-state index contributed by atoms with van der Waals surface area (Å²) in [6, 6.07) is 11.8. The van der Waals surface area contributed by atoms with Crippen molar-refractivity contribution in [2.75, 3.05) is 5.32 Å². The average Bonchev–Trinajstić information content (AvgIpc) is 2.44. The summed E-state index contributed by atoms with van der Waals surface area (Å²) < 4.78 is 13.4. The second-order valence-corrected chi connectivity index (χ2v) is 6.29. The summed E-state index contributed by atoms with van der Waals surface area (Å²) >= 11 is 5.93. The van der Waals surface area contributed by atoms with Gasteiger partial charge in [-0.15, -0.1) is 0 Å². The monoisotopic (exact) mass is 317 g/mol. The molecular weight excluding hydrogens is 301 g/mol. The van der Waals surface area contributed by atoms with Crippen molar-refractivity contribution < 1.29 is 9.18 Å². The normalized spacial score (nSPS) is 16.0. The first kappa shape index (κ1) is 15.0. The number of amides is 1. The topological polar surface area (TPSA) is 29.1 Å². The Balaban J connectivity index is 1.89. The summed E-state index contributed by atoms with van der Waals surface area (Å²) in [6.45, 7) is 1.85. The van der Waals surface area contributed by atoms with E-state index in [0.717, 1.165) is 30.4 Å². The number of rotatable bonds is 3. The van der Waals surface area contributed by atoms with Crippen LogP contribution in [0, 0.1) is 12.7 Å². The van der Waals surface area contributed by atoms with E-state index in [0.29, 0.717) is 10.7 Å². The molecule has 2 aromatic rings. The molecule has 1 fully saturated rings. The first-order valence-corrected chi connectivity index (χ1v) is 7.73. The summed E-state index contributed by atoms with van der Waals surface area (Å²) in [5.74, 6) is -0.426. The molecule has 22 heavy (non-hydrogen) atoms. The number of carbonyl (C=O) groups is 1. The molecule has 0 aliphatic heterocycles. The molecule has 3 rings (SSSR count). The number of aryl methyl sites for hydroxylation is 1. The van der Waals surface area contributed by atoms with Gasteiger partial charge in [0.15, 0.2) is 0 Å². The second kappa shape index (κ2) is 5.73. The van der Waals surface area contributed by atoms with Crippen LogP contribution in [0.1, 0.15) is 30.4 Å². The molecule has 0 aromatic heterocycles. The van der Waals surface area contributed by atoms with Gasteiger partial charge in [-0.05, 0) is 55.2 Å². The van der Waals surface area contributed by atoms with Gasteiger partial charge >= 0.3 is 0 Å². The number of benzene rings is 2. The van der Waals surface area contributed by atoms with Crippen molar-refractivity contribution in [1.29, 1.82) is 0 Å². The Kier molecular flexibility index (Phi) is 3.92. The highest BCUT2D eigenvalue weighted by molar-refractivity contribution is 6.30. The van der Waals surface area contributed by atoms with E-state index in [-0.39, 0.29) is 11.7 Å². The van der Waals surface area contributed by atoms with Gasteiger partial charge in [-0.1, -0.05) is 36.2 Å². The van der Waals surface area contributed by atoms with E-state index < -0.39 is 5.41 Å². The van der Waals surface area contributed by atoms with E-state index in [4.69, 9.17) is 11.6 Å². The molecule has 114 valence electrons. The van der Waals surface area contributed by atoms with Crippen molar-refractivity contribution in [3.8, 4) is 0 Å². The fourth-order valence-corrected chi connectivity index (χ4v) is 3.04. The smallest absolute Gasteiger partial charge is 0.235 e. The van der Waals surface area contributed by atoms with Crippen molar-refractivity contribution in [2.24, 2.45) is 0 Å². The molecule has 0 heterocycles. The molecule has 0 unspecified atom stereocenters. The Bertz CT molecular complexity index is 708. The summed E-state index contributed by atoms with van der Waals surface area (Å²) in [6.07, 6.45) is 2.61. The van der Waals surface area contributed by atoms with Crippen molar-refractivity contribution in [2.45, 2.75) is 31.6 Å². The third-order valence-electron chi connectivity index (χ3n) is 4.49. The quantitative estimate of drug-likeness (QED) is 0.861. The highest BCUT2D eigenvalue weighted by Gasteiger charge is 2.45. The molecule has 1 aliphatic rings. The molecule has 0 saturated heterocycles. The molecule has 0 atom stereocenters. The molecule has 1 aliphatic carbocycles. The van der Waals surface area contributed by atoms with Crippen LogP contribution < -0.4 is 5.32 Å². The number of hydrogen-bond acceptors (Lipinski definition) is 1. The first-order valence-electron chi connectivity index (χ1n) is 7.35. The predicted octanol–water partition coefficient (Wildman–Crippen LogP) is 4.85. The molecule has 2 aromatic carbocycles. The van der Waals surface area contributed by atoms with Crippen LogP contribution in [0.2, 0.25) is 5.02 Å². The van der Waals surface area contributed by atoms with Gasteiger partial charge in [0.25, 0.3) is 0 Å². The number of halogens is 2. The fourth-order valence-electron chi connectivity index (χ4n) is 2.92. The Labute approximate surface area is 134 Å². The summed E-state index contributed by atoms with van der Waals surface area (Å²) in [5.41, 5.74) is 1.82. The van der Waals surface area contributed by atoms with E-state index in [1.54, 1.807) is 18.2 Å².